The molecule has 0 radical (unpaired) electrons. The van der Waals surface area contributed by atoms with Gasteiger partial charge in [0.05, 0.1) is 29.2 Å². The van der Waals surface area contributed by atoms with E-state index < -0.39 is 0 Å². The molecule has 4 rings (SSSR count). The van der Waals surface area contributed by atoms with E-state index in [0.717, 1.165) is 54.8 Å². The number of ether oxygens (including phenoxy) is 1. The van der Waals surface area contributed by atoms with Crippen molar-refractivity contribution in [2.75, 3.05) is 50.0 Å². The molecule has 0 spiro atoms. The van der Waals surface area contributed by atoms with E-state index in [4.69, 9.17) is 9.72 Å². The number of fused-ring (bicyclic) bond motifs is 1. The number of morpholine rings is 1. The van der Waals surface area contributed by atoms with Crippen LogP contribution in [0.25, 0.3) is 10.2 Å². The maximum atomic E-state index is 13.3. The molecule has 1 amide bonds. The zero-order valence-electron chi connectivity index (χ0n) is 18.2. The fourth-order valence-corrected chi connectivity index (χ4v) is 5.68. The number of carbonyl (C=O) groups is 1. The van der Waals surface area contributed by atoms with Crippen molar-refractivity contribution in [2.24, 2.45) is 0 Å². The van der Waals surface area contributed by atoms with Crippen molar-refractivity contribution in [3.63, 3.8) is 0 Å². The maximum absolute atomic E-state index is 13.3. The Hall–Kier alpha value is -1.93. The standard InChI is InChI=1S/C24H29N3O2S2/c1-18-15-19(2)23-21(16-18)25-24(31-23)27(10-6-9-26-11-13-29-14-12-26)22(28)17-30-20-7-4-3-5-8-20/h3-5,7-8,15-16H,6,9-14,17H2,1-2H3. The Morgan fingerprint density at radius 2 is 1.97 bits per heavy atom. The van der Waals surface area contributed by atoms with Gasteiger partial charge in [0.25, 0.3) is 0 Å². The third-order valence-corrected chi connectivity index (χ3v) is 7.63. The summed E-state index contributed by atoms with van der Waals surface area (Å²) in [6, 6.07) is 14.4. The quantitative estimate of drug-likeness (QED) is 0.458. The Morgan fingerprint density at radius 3 is 2.74 bits per heavy atom. The van der Waals surface area contributed by atoms with Crippen LogP contribution in [0.4, 0.5) is 5.13 Å². The molecule has 5 nitrogen and oxygen atoms in total. The van der Waals surface area contributed by atoms with E-state index in [2.05, 4.69) is 30.9 Å². The molecule has 3 aromatic rings. The highest BCUT2D eigenvalue weighted by Crippen LogP contribution is 2.33. The molecular formula is C24H29N3O2S2. The van der Waals surface area contributed by atoms with Gasteiger partial charge < -0.3 is 4.74 Å². The van der Waals surface area contributed by atoms with Crippen molar-refractivity contribution < 1.29 is 9.53 Å². The first-order valence-electron chi connectivity index (χ1n) is 10.8. The normalized spacial score (nSPS) is 14.8. The molecule has 1 aliphatic rings. The third kappa shape index (κ3) is 5.86. The number of nitrogens with zero attached hydrogens (tertiary/aromatic N) is 3. The van der Waals surface area contributed by atoms with Gasteiger partial charge in [-0.25, -0.2) is 4.98 Å². The van der Waals surface area contributed by atoms with Crippen LogP contribution in [-0.2, 0) is 9.53 Å². The smallest absolute Gasteiger partial charge is 0.239 e. The maximum Gasteiger partial charge on any atom is 0.239 e. The summed E-state index contributed by atoms with van der Waals surface area (Å²) in [5.74, 6) is 0.527. The molecule has 0 aliphatic carbocycles. The van der Waals surface area contributed by atoms with E-state index in [0.29, 0.717) is 12.3 Å². The van der Waals surface area contributed by atoms with Gasteiger partial charge >= 0.3 is 0 Å². The second-order valence-corrected chi connectivity index (χ2v) is 9.91. The molecule has 0 unspecified atom stereocenters. The van der Waals surface area contributed by atoms with Crippen molar-refractivity contribution in [3.05, 3.63) is 53.6 Å². The molecular weight excluding hydrogens is 426 g/mol. The van der Waals surface area contributed by atoms with E-state index in [1.807, 2.05) is 35.2 Å². The van der Waals surface area contributed by atoms with Gasteiger partial charge in [0, 0.05) is 31.1 Å². The van der Waals surface area contributed by atoms with Gasteiger partial charge in [0.1, 0.15) is 0 Å². The van der Waals surface area contributed by atoms with Crippen LogP contribution in [0.3, 0.4) is 0 Å². The lowest BCUT2D eigenvalue weighted by Crippen LogP contribution is -2.39. The lowest BCUT2D eigenvalue weighted by Gasteiger charge is -2.27. The molecule has 164 valence electrons. The van der Waals surface area contributed by atoms with Crippen LogP contribution in [0, 0.1) is 13.8 Å². The Balaban J connectivity index is 1.49. The Labute approximate surface area is 192 Å². The lowest BCUT2D eigenvalue weighted by molar-refractivity contribution is -0.116. The topological polar surface area (TPSA) is 45.7 Å². The van der Waals surface area contributed by atoms with Gasteiger partial charge in [-0.15, -0.1) is 11.8 Å². The first-order valence-corrected chi connectivity index (χ1v) is 12.6. The van der Waals surface area contributed by atoms with E-state index in [9.17, 15) is 4.79 Å². The molecule has 0 N–H and O–H groups in total. The lowest BCUT2D eigenvalue weighted by atomic mass is 10.1. The van der Waals surface area contributed by atoms with Crippen molar-refractivity contribution in [1.29, 1.82) is 0 Å². The zero-order chi connectivity index (χ0) is 21.6. The highest BCUT2D eigenvalue weighted by Gasteiger charge is 2.21. The summed E-state index contributed by atoms with van der Waals surface area (Å²) < 4.78 is 6.61. The van der Waals surface area contributed by atoms with E-state index in [1.165, 1.54) is 15.8 Å². The number of anilines is 1. The monoisotopic (exact) mass is 455 g/mol. The number of thioether (sulfide) groups is 1. The highest BCUT2D eigenvalue weighted by atomic mass is 32.2. The Bertz CT molecular complexity index is 1020. The highest BCUT2D eigenvalue weighted by molar-refractivity contribution is 8.00. The van der Waals surface area contributed by atoms with Crippen LogP contribution in [-0.4, -0.2) is 60.9 Å². The first-order chi connectivity index (χ1) is 15.1. The van der Waals surface area contributed by atoms with Gasteiger partial charge in [-0.05, 0) is 49.6 Å². The predicted molar refractivity (Wildman–Crippen MR) is 130 cm³/mol. The fraction of sp³-hybridized carbons (Fsp3) is 0.417. The molecule has 0 saturated carbocycles. The summed E-state index contributed by atoms with van der Waals surface area (Å²) in [5, 5.41) is 0.810. The number of rotatable bonds is 8. The molecule has 1 aromatic heterocycles. The van der Waals surface area contributed by atoms with Crippen molar-refractivity contribution in [3.8, 4) is 0 Å². The Kier molecular flexibility index (Phi) is 7.61. The number of hydrogen-bond donors (Lipinski definition) is 0. The summed E-state index contributed by atoms with van der Waals surface area (Å²) in [5.41, 5.74) is 3.41. The predicted octanol–water partition coefficient (Wildman–Crippen LogP) is 4.76. The van der Waals surface area contributed by atoms with Gasteiger partial charge in [-0.2, -0.15) is 0 Å². The molecule has 1 fully saturated rings. The van der Waals surface area contributed by atoms with Crippen molar-refractivity contribution >= 4 is 44.4 Å². The van der Waals surface area contributed by atoms with E-state index in [-0.39, 0.29) is 5.91 Å². The third-order valence-electron chi connectivity index (χ3n) is 5.41. The zero-order valence-corrected chi connectivity index (χ0v) is 19.8. The summed E-state index contributed by atoms with van der Waals surface area (Å²) in [6.07, 6.45) is 0.926. The van der Waals surface area contributed by atoms with Crippen LogP contribution < -0.4 is 4.90 Å². The number of benzene rings is 2. The molecule has 1 saturated heterocycles. The van der Waals surface area contributed by atoms with Gasteiger partial charge in [0.2, 0.25) is 5.91 Å². The number of aryl methyl sites for hydroxylation is 2. The van der Waals surface area contributed by atoms with Crippen molar-refractivity contribution in [2.45, 2.75) is 25.2 Å². The van der Waals surface area contributed by atoms with Crippen LogP contribution in [0.1, 0.15) is 17.5 Å². The molecule has 31 heavy (non-hydrogen) atoms. The van der Waals surface area contributed by atoms with E-state index in [1.54, 1.807) is 23.1 Å². The second kappa shape index (κ2) is 10.6. The molecule has 0 atom stereocenters. The number of hydrogen-bond acceptors (Lipinski definition) is 6. The minimum atomic E-state index is 0.115. The molecule has 1 aliphatic heterocycles. The SMILES string of the molecule is Cc1cc(C)c2sc(N(CCCN3CCOCC3)C(=O)CSc3ccccc3)nc2c1. The molecule has 2 heterocycles. The van der Waals surface area contributed by atoms with Crippen LogP contribution in [0.15, 0.2) is 47.4 Å². The number of amides is 1. The van der Waals surface area contributed by atoms with Gasteiger partial charge in [0.15, 0.2) is 5.13 Å². The second-order valence-electron chi connectivity index (χ2n) is 7.88. The first kappa shape index (κ1) is 22.3. The van der Waals surface area contributed by atoms with Crippen LogP contribution in [0.2, 0.25) is 0 Å². The summed E-state index contributed by atoms with van der Waals surface area (Å²) in [7, 11) is 0. The fourth-order valence-electron chi connectivity index (χ4n) is 3.82. The van der Waals surface area contributed by atoms with Gasteiger partial charge in [-0.3, -0.25) is 14.6 Å². The Morgan fingerprint density at radius 1 is 1.19 bits per heavy atom. The largest absolute Gasteiger partial charge is 0.379 e. The van der Waals surface area contributed by atoms with Crippen LogP contribution >= 0.6 is 23.1 Å². The summed E-state index contributed by atoms with van der Waals surface area (Å²) >= 11 is 3.21. The van der Waals surface area contributed by atoms with E-state index >= 15 is 0 Å². The molecule has 0 bridgehead atoms. The minimum absolute atomic E-state index is 0.115. The number of thiazole rings is 1. The van der Waals surface area contributed by atoms with Crippen molar-refractivity contribution in [1.82, 2.24) is 9.88 Å². The molecule has 7 heteroatoms. The number of aromatic nitrogens is 1. The average Bonchev–Trinajstić information content (AvgIpc) is 3.20. The summed E-state index contributed by atoms with van der Waals surface area (Å²) in [6.45, 7) is 9.40. The van der Waals surface area contributed by atoms with Crippen LogP contribution in [0.5, 0.6) is 0 Å². The number of carbonyl (C=O) groups excluding carboxylic acids is 1. The average molecular weight is 456 g/mol. The molecule has 2 aromatic carbocycles. The van der Waals surface area contributed by atoms with Gasteiger partial charge in [-0.1, -0.05) is 35.6 Å². The summed E-state index contributed by atoms with van der Waals surface area (Å²) in [4.78, 5) is 23.5. The minimum Gasteiger partial charge on any atom is -0.379 e.